The summed E-state index contributed by atoms with van der Waals surface area (Å²) in [6.45, 7) is 1.75. The number of rotatable bonds is 5. The molecule has 1 N–H and O–H groups in total. The Bertz CT molecular complexity index is 896. The van der Waals surface area contributed by atoms with Gasteiger partial charge >= 0.3 is 6.18 Å². The van der Waals surface area contributed by atoms with Crippen LogP contribution in [0.15, 0.2) is 48.5 Å². The fraction of sp³-hybridized carbons (Fsp3) is 0.316. The molecule has 1 saturated heterocycles. The van der Waals surface area contributed by atoms with Gasteiger partial charge in [0.25, 0.3) is 5.69 Å². The van der Waals surface area contributed by atoms with E-state index in [1.54, 1.807) is 17.0 Å². The topological polar surface area (TPSA) is 78.7 Å². The molecule has 29 heavy (non-hydrogen) atoms. The van der Waals surface area contributed by atoms with Gasteiger partial charge in [-0.3, -0.25) is 14.9 Å². The largest absolute Gasteiger partial charge is 0.416 e. The number of alkyl halides is 3. The van der Waals surface area contributed by atoms with E-state index in [-0.39, 0.29) is 23.8 Å². The molecule has 0 radical (unpaired) electrons. The number of benzene rings is 2. The molecule has 1 aliphatic heterocycles. The van der Waals surface area contributed by atoms with E-state index in [0.717, 1.165) is 12.1 Å². The number of nitrogens with one attached hydrogen (secondary N) is 1. The van der Waals surface area contributed by atoms with Crippen LogP contribution in [0.4, 0.5) is 30.2 Å². The molecule has 7 nitrogen and oxygen atoms in total. The average Bonchev–Trinajstić information content (AvgIpc) is 2.72. The molecule has 0 aliphatic carbocycles. The molecule has 1 fully saturated rings. The van der Waals surface area contributed by atoms with Gasteiger partial charge in [0.1, 0.15) is 0 Å². The average molecular weight is 408 g/mol. The molecule has 0 bridgehead atoms. The predicted molar refractivity (Wildman–Crippen MR) is 102 cm³/mol. The number of nitrogens with zero attached hydrogens (tertiary/aromatic N) is 3. The third-order valence-corrected chi connectivity index (χ3v) is 4.67. The minimum atomic E-state index is -4.44. The van der Waals surface area contributed by atoms with E-state index in [9.17, 15) is 28.1 Å². The van der Waals surface area contributed by atoms with Crippen molar-refractivity contribution in [1.82, 2.24) is 4.90 Å². The van der Waals surface area contributed by atoms with Gasteiger partial charge in [0.2, 0.25) is 5.91 Å². The van der Waals surface area contributed by atoms with E-state index in [4.69, 9.17) is 0 Å². The van der Waals surface area contributed by atoms with Crippen molar-refractivity contribution in [2.75, 3.05) is 42.9 Å². The van der Waals surface area contributed by atoms with E-state index in [1.165, 1.54) is 24.3 Å². The number of hydrogen-bond acceptors (Lipinski definition) is 5. The fourth-order valence-corrected chi connectivity index (χ4v) is 3.11. The number of carbonyl (C=O) groups excluding carboxylic acids is 1. The summed E-state index contributed by atoms with van der Waals surface area (Å²) in [4.78, 5) is 26.4. The second-order valence-electron chi connectivity index (χ2n) is 6.58. The number of anilines is 2. The van der Waals surface area contributed by atoms with Crippen LogP contribution in [0.2, 0.25) is 0 Å². The van der Waals surface area contributed by atoms with Gasteiger partial charge in [0.05, 0.1) is 17.0 Å². The Balaban J connectivity index is 1.53. The first-order valence-corrected chi connectivity index (χ1v) is 8.92. The second kappa shape index (κ2) is 8.38. The van der Waals surface area contributed by atoms with Crippen LogP contribution >= 0.6 is 0 Å². The summed E-state index contributed by atoms with van der Waals surface area (Å²) >= 11 is 0. The lowest BCUT2D eigenvalue weighted by molar-refractivity contribution is -0.384. The van der Waals surface area contributed by atoms with Crippen LogP contribution in [-0.2, 0) is 11.0 Å². The summed E-state index contributed by atoms with van der Waals surface area (Å²) in [5.74, 6) is -0.221. The Morgan fingerprint density at radius 2 is 1.76 bits per heavy atom. The number of piperazine rings is 1. The normalized spacial score (nSPS) is 14.6. The zero-order valence-electron chi connectivity index (χ0n) is 15.4. The molecule has 0 spiro atoms. The quantitative estimate of drug-likeness (QED) is 0.606. The molecular weight excluding hydrogens is 389 g/mol. The molecule has 0 atom stereocenters. The lowest BCUT2D eigenvalue weighted by Crippen LogP contribution is -2.50. The monoisotopic (exact) mass is 408 g/mol. The van der Waals surface area contributed by atoms with Crippen molar-refractivity contribution in [3.63, 3.8) is 0 Å². The van der Waals surface area contributed by atoms with Gasteiger partial charge in [0, 0.05) is 49.7 Å². The Kier molecular flexibility index (Phi) is 5.90. The van der Waals surface area contributed by atoms with E-state index < -0.39 is 16.7 Å². The predicted octanol–water partition coefficient (Wildman–Crippen LogP) is 3.37. The highest BCUT2D eigenvalue weighted by molar-refractivity contribution is 5.81. The van der Waals surface area contributed by atoms with Crippen molar-refractivity contribution in [2.45, 2.75) is 6.18 Å². The van der Waals surface area contributed by atoms with Gasteiger partial charge in [-0.1, -0.05) is 12.1 Å². The van der Waals surface area contributed by atoms with E-state index in [1.807, 2.05) is 4.90 Å². The minimum Gasteiger partial charge on any atom is -0.376 e. The maximum absolute atomic E-state index is 12.8. The molecule has 3 rings (SSSR count). The van der Waals surface area contributed by atoms with Gasteiger partial charge in [-0.25, -0.2) is 0 Å². The number of hydrogen-bond donors (Lipinski definition) is 1. The molecule has 0 saturated carbocycles. The van der Waals surface area contributed by atoms with E-state index in [0.29, 0.717) is 31.9 Å². The maximum Gasteiger partial charge on any atom is 0.416 e. The number of halogens is 3. The summed E-state index contributed by atoms with van der Waals surface area (Å²) in [7, 11) is 0. The van der Waals surface area contributed by atoms with Crippen LogP contribution < -0.4 is 10.2 Å². The zero-order valence-corrected chi connectivity index (χ0v) is 15.4. The third kappa shape index (κ3) is 5.15. The van der Waals surface area contributed by atoms with Crippen molar-refractivity contribution in [3.05, 3.63) is 64.2 Å². The summed E-state index contributed by atoms with van der Waals surface area (Å²) in [5, 5.41) is 13.6. The Morgan fingerprint density at radius 1 is 1.07 bits per heavy atom. The summed E-state index contributed by atoms with van der Waals surface area (Å²) in [6, 6.07) is 11.0. The van der Waals surface area contributed by atoms with Crippen LogP contribution in [0.5, 0.6) is 0 Å². The standard InChI is InChI=1S/C19H19F3N4O3/c20-19(21,22)14-3-1-4-15(11-14)23-13-18(27)25-9-7-24(8-10-25)16-5-2-6-17(12-16)26(28)29/h1-6,11-12,23H,7-10,13H2. The number of nitro benzene ring substituents is 1. The molecule has 1 aliphatic rings. The van der Waals surface area contributed by atoms with Crippen LogP contribution in [0.25, 0.3) is 0 Å². The summed E-state index contributed by atoms with van der Waals surface area (Å²) in [5.41, 5.74) is 0.170. The van der Waals surface area contributed by atoms with Crippen LogP contribution in [0.3, 0.4) is 0 Å². The van der Waals surface area contributed by atoms with Crippen LogP contribution in [-0.4, -0.2) is 48.5 Å². The second-order valence-corrected chi connectivity index (χ2v) is 6.58. The molecule has 154 valence electrons. The smallest absolute Gasteiger partial charge is 0.376 e. The van der Waals surface area contributed by atoms with Gasteiger partial charge < -0.3 is 15.1 Å². The molecular formula is C19H19F3N4O3. The zero-order chi connectivity index (χ0) is 21.0. The summed E-state index contributed by atoms with van der Waals surface area (Å²) in [6.07, 6.45) is -4.44. The minimum absolute atomic E-state index is 0.00583. The Morgan fingerprint density at radius 3 is 2.41 bits per heavy atom. The number of amides is 1. The lowest BCUT2D eigenvalue weighted by Gasteiger charge is -2.36. The molecule has 2 aromatic rings. The Labute approximate surface area is 164 Å². The van der Waals surface area contributed by atoms with Crippen molar-refractivity contribution < 1.29 is 22.9 Å². The maximum atomic E-state index is 12.8. The molecule has 10 heteroatoms. The van der Waals surface area contributed by atoms with Gasteiger partial charge in [-0.15, -0.1) is 0 Å². The van der Waals surface area contributed by atoms with Crippen molar-refractivity contribution in [3.8, 4) is 0 Å². The number of non-ortho nitro benzene ring substituents is 1. The first-order chi connectivity index (χ1) is 13.7. The number of carbonyl (C=O) groups is 1. The molecule has 0 aromatic heterocycles. The van der Waals surface area contributed by atoms with Crippen molar-refractivity contribution in [1.29, 1.82) is 0 Å². The lowest BCUT2D eigenvalue weighted by atomic mass is 10.2. The van der Waals surface area contributed by atoms with Crippen LogP contribution in [0.1, 0.15) is 5.56 Å². The molecule has 2 aromatic carbocycles. The molecule has 0 unspecified atom stereocenters. The van der Waals surface area contributed by atoms with Gasteiger partial charge in [-0.2, -0.15) is 13.2 Å². The van der Waals surface area contributed by atoms with E-state index in [2.05, 4.69) is 5.32 Å². The molecule has 1 amide bonds. The van der Waals surface area contributed by atoms with Crippen molar-refractivity contribution in [2.24, 2.45) is 0 Å². The van der Waals surface area contributed by atoms with Crippen LogP contribution in [0, 0.1) is 10.1 Å². The first-order valence-electron chi connectivity index (χ1n) is 8.92. The number of nitro groups is 1. The fourth-order valence-electron chi connectivity index (χ4n) is 3.11. The highest BCUT2D eigenvalue weighted by Gasteiger charge is 2.30. The SMILES string of the molecule is O=C(CNc1cccc(C(F)(F)F)c1)N1CCN(c2cccc([N+](=O)[O-])c2)CC1. The summed E-state index contributed by atoms with van der Waals surface area (Å²) < 4.78 is 38.3. The van der Waals surface area contributed by atoms with E-state index >= 15 is 0 Å². The van der Waals surface area contributed by atoms with Gasteiger partial charge in [0.15, 0.2) is 0 Å². The third-order valence-electron chi connectivity index (χ3n) is 4.67. The Hall–Kier alpha value is -3.30. The molecule has 1 heterocycles. The van der Waals surface area contributed by atoms with Crippen molar-refractivity contribution >= 4 is 23.0 Å². The first kappa shape index (κ1) is 20.4. The highest BCUT2D eigenvalue weighted by atomic mass is 19.4. The van der Waals surface area contributed by atoms with Gasteiger partial charge in [-0.05, 0) is 24.3 Å². The highest BCUT2D eigenvalue weighted by Crippen LogP contribution is 2.30.